The van der Waals surface area contributed by atoms with Gasteiger partial charge in [0.25, 0.3) is 0 Å². The van der Waals surface area contributed by atoms with E-state index in [0.717, 1.165) is 13.0 Å². The second-order valence-corrected chi connectivity index (χ2v) is 5.42. The lowest BCUT2D eigenvalue weighted by Crippen LogP contribution is -2.31. The van der Waals surface area contributed by atoms with E-state index in [1.165, 1.54) is 6.20 Å². The van der Waals surface area contributed by atoms with Crippen molar-refractivity contribution in [2.24, 2.45) is 5.92 Å². The van der Waals surface area contributed by atoms with Crippen molar-refractivity contribution in [3.8, 4) is 0 Å². The molecule has 1 heterocycles. The van der Waals surface area contributed by atoms with Gasteiger partial charge in [-0.2, -0.15) is 13.2 Å². The Morgan fingerprint density at radius 2 is 2.10 bits per heavy atom. The molecule has 1 aliphatic rings. The van der Waals surface area contributed by atoms with Crippen LogP contribution in [-0.2, 0) is 0 Å². The van der Waals surface area contributed by atoms with Gasteiger partial charge in [-0.25, -0.2) is 4.98 Å². The van der Waals surface area contributed by atoms with E-state index >= 15 is 0 Å². The summed E-state index contributed by atoms with van der Waals surface area (Å²) in [5.74, 6) is -1.04. The van der Waals surface area contributed by atoms with Crippen LogP contribution in [0.3, 0.4) is 0 Å². The van der Waals surface area contributed by atoms with Gasteiger partial charge in [-0.3, -0.25) is 0 Å². The minimum absolute atomic E-state index is 0.0818. The summed E-state index contributed by atoms with van der Waals surface area (Å²) in [4.78, 5) is 4.13. The molecule has 3 nitrogen and oxygen atoms in total. The number of alkyl halides is 3. The van der Waals surface area contributed by atoms with Crippen molar-refractivity contribution in [1.29, 1.82) is 0 Å². The van der Waals surface area contributed by atoms with Gasteiger partial charge < -0.3 is 9.73 Å². The average molecular weight is 290 g/mol. The van der Waals surface area contributed by atoms with Crippen LogP contribution in [0.15, 0.2) is 10.6 Å². The number of rotatable bonds is 4. The van der Waals surface area contributed by atoms with Gasteiger partial charge in [0.1, 0.15) is 5.76 Å². The van der Waals surface area contributed by atoms with E-state index in [0.29, 0.717) is 24.5 Å². The summed E-state index contributed by atoms with van der Waals surface area (Å²) in [6.45, 7) is 4.61. The van der Waals surface area contributed by atoms with Crippen LogP contribution in [0.1, 0.15) is 63.1 Å². The molecule has 20 heavy (non-hydrogen) atoms. The van der Waals surface area contributed by atoms with Crippen LogP contribution >= 0.6 is 0 Å². The fraction of sp³-hybridized carbons (Fsp3) is 0.786. The zero-order valence-corrected chi connectivity index (χ0v) is 11.8. The molecule has 0 aromatic carbocycles. The largest absolute Gasteiger partial charge is 0.444 e. The Morgan fingerprint density at radius 1 is 1.40 bits per heavy atom. The van der Waals surface area contributed by atoms with Gasteiger partial charge in [0.2, 0.25) is 5.89 Å². The highest BCUT2D eigenvalue weighted by Gasteiger charge is 2.47. The van der Waals surface area contributed by atoms with Crippen LogP contribution < -0.4 is 5.32 Å². The third kappa shape index (κ3) is 3.34. The Hall–Kier alpha value is -1.04. The first-order chi connectivity index (χ1) is 9.43. The maximum absolute atomic E-state index is 13.1. The third-order valence-corrected chi connectivity index (χ3v) is 3.97. The topological polar surface area (TPSA) is 38.1 Å². The molecule has 1 aromatic heterocycles. The molecule has 0 aliphatic heterocycles. The van der Waals surface area contributed by atoms with E-state index in [2.05, 4.69) is 10.3 Å². The molecule has 1 N–H and O–H groups in total. The second kappa shape index (κ2) is 6.16. The minimum atomic E-state index is -4.16. The molecule has 1 saturated carbocycles. The fourth-order valence-corrected chi connectivity index (χ4v) is 2.93. The van der Waals surface area contributed by atoms with Crippen LogP contribution in [0.25, 0.3) is 0 Å². The summed E-state index contributed by atoms with van der Waals surface area (Å²) >= 11 is 0. The monoisotopic (exact) mass is 290 g/mol. The lowest BCUT2D eigenvalue weighted by Gasteiger charge is -2.31. The van der Waals surface area contributed by atoms with Crippen LogP contribution in [0.4, 0.5) is 13.2 Å². The molecule has 0 radical (unpaired) electrons. The third-order valence-electron chi connectivity index (χ3n) is 3.97. The molecule has 1 aliphatic carbocycles. The van der Waals surface area contributed by atoms with Crippen LogP contribution in [-0.4, -0.2) is 17.7 Å². The predicted octanol–water partition coefficient (Wildman–Crippen LogP) is 4.18. The molecular formula is C14H21F3N2O. The second-order valence-electron chi connectivity index (χ2n) is 5.42. The number of hydrogen-bond acceptors (Lipinski definition) is 3. The number of halogens is 3. The van der Waals surface area contributed by atoms with Crippen molar-refractivity contribution in [1.82, 2.24) is 10.3 Å². The maximum Gasteiger partial charge on any atom is 0.392 e. The van der Waals surface area contributed by atoms with E-state index < -0.39 is 18.0 Å². The highest BCUT2D eigenvalue weighted by Crippen LogP contribution is 2.46. The van der Waals surface area contributed by atoms with Crippen molar-refractivity contribution in [3.63, 3.8) is 0 Å². The van der Waals surface area contributed by atoms with E-state index in [1.807, 2.05) is 13.8 Å². The number of nitrogens with one attached hydrogen (secondary N) is 1. The highest BCUT2D eigenvalue weighted by molar-refractivity contribution is 5.08. The van der Waals surface area contributed by atoms with Crippen molar-refractivity contribution in [2.75, 3.05) is 6.54 Å². The first-order valence-electron chi connectivity index (χ1n) is 7.19. The normalized spacial score (nSPS) is 25.6. The summed E-state index contributed by atoms with van der Waals surface area (Å²) in [5.41, 5.74) is 0. The van der Waals surface area contributed by atoms with E-state index in [4.69, 9.17) is 4.42 Å². The molecule has 0 bridgehead atoms. The Morgan fingerprint density at radius 3 is 2.75 bits per heavy atom. The molecule has 3 unspecified atom stereocenters. The summed E-state index contributed by atoms with van der Waals surface area (Å²) in [6.07, 6.45) is -0.532. The van der Waals surface area contributed by atoms with Gasteiger partial charge in [0.15, 0.2) is 0 Å². The van der Waals surface area contributed by atoms with Gasteiger partial charge in [-0.05, 0) is 26.3 Å². The lowest BCUT2D eigenvalue weighted by molar-refractivity contribution is -0.188. The zero-order valence-electron chi connectivity index (χ0n) is 11.8. The van der Waals surface area contributed by atoms with Crippen molar-refractivity contribution >= 4 is 0 Å². The number of aromatic nitrogens is 1. The minimum Gasteiger partial charge on any atom is -0.444 e. The molecule has 0 saturated heterocycles. The van der Waals surface area contributed by atoms with Gasteiger partial charge in [0.05, 0.1) is 18.2 Å². The van der Waals surface area contributed by atoms with Gasteiger partial charge in [-0.15, -0.1) is 0 Å². The van der Waals surface area contributed by atoms with Gasteiger partial charge in [0, 0.05) is 5.92 Å². The zero-order chi connectivity index (χ0) is 14.8. The molecule has 1 aromatic rings. The fourth-order valence-electron chi connectivity index (χ4n) is 2.93. The molecule has 0 spiro atoms. The standard InChI is InChI=1S/C14H21F3N2O/c1-3-18-9(2)13-19-8-12(20-13)10-6-4-5-7-11(10)14(15,16)17/h8-11,18H,3-7H2,1-2H3. The molecule has 3 atom stereocenters. The SMILES string of the molecule is CCNC(C)c1ncc(C2CCCCC2C(F)(F)F)o1. The maximum atomic E-state index is 13.1. The molecule has 2 rings (SSSR count). The Labute approximate surface area is 117 Å². The van der Waals surface area contributed by atoms with Crippen LogP contribution in [0.2, 0.25) is 0 Å². The Bertz CT molecular complexity index is 430. The van der Waals surface area contributed by atoms with Crippen molar-refractivity contribution in [3.05, 3.63) is 17.8 Å². The first-order valence-corrected chi connectivity index (χ1v) is 7.19. The highest BCUT2D eigenvalue weighted by atomic mass is 19.4. The van der Waals surface area contributed by atoms with Crippen LogP contribution in [0.5, 0.6) is 0 Å². The molecule has 0 amide bonds. The van der Waals surface area contributed by atoms with Gasteiger partial charge in [-0.1, -0.05) is 19.8 Å². The summed E-state index contributed by atoms with van der Waals surface area (Å²) in [7, 11) is 0. The Balaban J connectivity index is 2.16. The molecule has 114 valence electrons. The molecule has 1 fully saturated rings. The first kappa shape index (κ1) is 15.4. The summed E-state index contributed by atoms with van der Waals surface area (Å²) in [5, 5.41) is 3.14. The van der Waals surface area contributed by atoms with E-state index in [1.54, 1.807) is 0 Å². The van der Waals surface area contributed by atoms with Crippen molar-refractivity contribution in [2.45, 2.75) is 57.7 Å². The number of hydrogen-bond donors (Lipinski definition) is 1. The summed E-state index contributed by atoms with van der Waals surface area (Å²) < 4.78 is 44.9. The smallest absolute Gasteiger partial charge is 0.392 e. The Kier molecular flexibility index (Phi) is 4.73. The lowest BCUT2D eigenvalue weighted by atomic mass is 9.77. The summed E-state index contributed by atoms with van der Waals surface area (Å²) in [6, 6.07) is -0.0818. The molecular weight excluding hydrogens is 269 g/mol. The molecule has 6 heteroatoms. The predicted molar refractivity (Wildman–Crippen MR) is 69.3 cm³/mol. The van der Waals surface area contributed by atoms with Crippen LogP contribution in [0, 0.1) is 5.92 Å². The van der Waals surface area contributed by atoms with Crippen molar-refractivity contribution < 1.29 is 17.6 Å². The van der Waals surface area contributed by atoms with E-state index in [-0.39, 0.29) is 12.5 Å². The number of oxazole rings is 1. The quantitative estimate of drug-likeness (QED) is 0.904. The van der Waals surface area contributed by atoms with Gasteiger partial charge >= 0.3 is 6.18 Å². The average Bonchev–Trinajstić information content (AvgIpc) is 2.87. The number of nitrogens with zero attached hydrogens (tertiary/aromatic N) is 1. The van der Waals surface area contributed by atoms with E-state index in [9.17, 15) is 13.2 Å².